The quantitative estimate of drug-likeness (QED) is 0.415. The third kappa shape index (κ3) is 3.18. The van der Waals surface area contributed by atoms with Gasteiger partial charge in [0.1, 0.15) is 5.54 Å². The highest BCUT2D eigenvalue weighted by Gasteiger charge is 2.36. The van der Waals surface area contributed by atoms with E-state index in [1.165, 1.54) is 0 Å². The average Bonchev–Trinajstić information content (AvgIpc) is 3.26. The molecule has 0 radical (unpaired) electrons. The third-order valence-electron chi connectivity index (χ3n) is 5.91. The van der Waals surface area contributed by atoms with Gasteiger partial charge in [-0.2, -0.15) is 0 Å². The van der Waals surface area contributed by atoms with Gasteiger partial charge in [0.25, 0.3) is 0 Å². The first-order valence-corrected chi connectivity index (χ1v) is 10.7. The summed E-state index contributed by atoms with van der Waals surface area (Å²) in [6, 6.07) is 21.8. The van der Waals surface area contributed by atoms with E-state index in [9.17, 15) is 0 Å². The molecule has 32 heavy (non-hydrogen) atoms. The zero-order chi connectivity index (χ0) is 22.3. The van der Waals surface area contributed by atoms with Gasteiger partial charge in [0.05, 0.1) is 34.5 Å². The van der Waals surface area contributed by atoms with Crippen molar-refractivity contribution in [2.45, 2.75) is 12.5 Å². The van der Waals surface area contributed by atoms with E-state index in [4.69, 9.17) is 22.3 Å². The second-order valence-corrected chi connectivity index (χ2v) is 8.27. The molecule has 5 aromatic rings. The first kappa shape index (κ1) is 20.4. The number of aryl methyl sites for hydroxylation is 2. The lowest BCUT2D eigenvalue weighted by atomic mass is 9.83. The summed E-state index contributed by atoms with van der Waals surface area (Å²) in [6.45, 7) is 1.98. The number of pyridine rings is 2. The summed E-state index contributed by atoms with van der Waals surface area (Å²) in [7, 11) is 1.93. The molecule has 0 amide bonds. The fraction of sp³-hybridized carbons (Fsp3) is 0.115. The molecule has 2 N–H and O–H groups in total. The van der Waals surface area contributed by atoms with Crippen molar-refractivity contribution >= 4 is 22.5 Å². The predicted octanol–water partition coefficient (Wildman–Crippen LogP) is 5.24. The monoisotopic (exact) mass is 439 g/mol. The minimum absolute atomic E-state index is 0.661. The van der Waals surface area contributed by atoms with E-state index in [1.54, 1.807) is 18.7 Å². The maximum atomic E-state index is 7.14. The van der Waals surface area contributed by atoms with Crippen LogP contribution >= 0.6 is 11.6 Å². The van der Waals surface area contributed by atoms with Crippen LogP contribution in [-0.2, 0) is 12.6 Å². The zero-order valence-electron chi connectivity index (χ0n) is 17.8. The second-order valence-electron chi connectivity index (χ2n) is 7.90. The van der Waals surface area contributed by atoms with Crippen molar-refractivity contribution in [2.75, 3.05) is 0 Å². The molecule has 3 aromatic heterocycles. The third-order valence-corrected chi connectivity index (χ3v) is 6.30. The van der Waals surface area contributed by atoms with Gasteiger partial charge >= 0.3 is 0 Å². The lowest BCUT2D eigenvalue weighted by molar-refractivity contribution is 0.579. The summed E-state index contributed by atoms with van der Waals surface area (Å²) in [5, 5.41) is 1.51. The lowest BCUT2D eigenvalue weighted by Crippen LogP contribution is -2.41. The van der Waals surface area contributed by atoms with Gasteiger partial charge in [-0.05, 0) is 42.3 Å². The molecule has 0 bridgehead atoms. The minimum atomic E-state index is -1.01. The number of hydrogen-bond donors (Lipinski definition) is 1. The van der Waals surface area contributed by atoms with Gasteiger partial charge in [-0.1, -0.05) is 54.1 Å². The molecule has 0 saturated carbocycles. The number of nitrogens with two attached hydrogens (primary N) is 1. The van der Waals surface area contributed by atoms with E-state index in [0.717, 1.165) is 44.7 Å². The zero-order valence-corrected chi connectivity index (χ0v) is 18.6. The summed E-state index contributed by atoms with van der Waals surface area (Å²) >= 11 is 6.99. The van der Waals surface area contributed by atoms with Crippen LogP contribution in [0.15, 0.2) is 85.5 Å². The Morgan fingerprint density at radius 3 is 2.47 bits per heavy atom. The topological polar surface area (TPSA) is 69.6 Å². The molecular formula is C26H22ClN5. The highest BCUT2D eigenvalue weighted by molar-refractivity contribution is 6.38. The normalized spacial score (nSPS) is 13.2. The Bertz CT molecular complexity index is 1410. The number of hydrogen-bond acceptors (Lipinski definition) is 4. The Morgan fingerprint density at radius 1 is 1.00 bits per heavy atom. The SMILES string of the molecule is Cc1nc2ccc(C(N)(c3ccccn3)c3cncn3C)cc2c(Cl)c1-c1ccccc1. The van der Waals surface area contributed by atoms with Gasteiger partial charge in [0, 0.05) is 29.9 Å². The molecule has 1 unspecified atom stereocenters. The average molecular weight is 440 g/mol. The Hall–Kier alpha value is -3.54. The maximum absolute atomic E-state index is 7.14. The molecule has 0 aliphatic heterocycles. The molecule has 3 heterocycles. The van der Waals surface area contributed by atoms with E-state index in [1.807, 2.05) is 85.3 Å². The lowest BCUT2D eigenvalue weighted by Gasteiger charge is -2.30. The van der Waals surface area contributed by atoms with Crippen molar-refractivity contribution in [1.82, 2.24) is 19.5 Å². The fourth-order valence-electron chi connectivity index (χ4n) is 4.29. The van der Waals surface area contributed by atoms with Crippen LogP contribution in [0.5, 0.6) is 0 Å². The van der Waals surface area contributed by atoms with Crippen molar-refractivity contribution < 1.29 is 0 Å². The number of aromatic nitrogens is 4. The van der Waals surface area contributed by atoms with Crippen molar-refractivity contribution in [2.24, 2.45) is 12.8 Å². The number of imidazole rings is 1. The molecule has 0 fully saturated rings. The smallest absolute Gasteiger partial charge is 0.126 e. The summed E-state index contributed by atoms with van der Waals surface area (Å²) in [6.07, 6.45) is 5.27. The summed E-state index contributed by atoms with van der Waals surface area (Å²) in [5.74, 6) is 0. The molecule has 0 aliphatic carbocycles. The molecule has 5 rings (SSSR count). The predicted molar refractivity (Wildman–Crippen MR) is 128 cm³/mol. The van der Waals surface area contributed by atoms with E-state index >= 15 is 0 Å². The van der Waals surface area contributed by atoms with Gasteiger partial charge in [0.15, 0.2) is 0 Å². The number of fused-ring (bicyclic) bond motifs is 1. The Morgan fingerprint density at radius 2 is 1.78 bits per heavy atom. The standard InChI is InChI=1S/C26H22ClN5/c1-17-24(18-8-4-3-5-9-18)25(27)20-14-19(11-12-21(20)31-17)26(28,22-10-6-7-13-30-22)23-15-29-16-32(23)2/h3-16H,28H2,1-2H3. The summed E-state index contributed by atoms with van der Waals surface area (Å²) in [4.78, 5) is 13.7. The molecule has 0 saturated heterocycles. The van der Waals surface area contributed by atoms with Crippen LogP contribution in [0.2, 0.25) is 5.02 Å². The number of nitrogens with zero attached hydrogens (tertiary/aromatic N) is 4. The van der Waals surface area contributed by atoms with Crippen LogP contribution in [0.4, 0.5) is 0 Å². The van der Waals surface area contributed by atoms with Crippen LogP contribution in [0.3, 0.4) is 0 Å². The molecular weight excluding hydrogens is 418 g/mol. The first-order valence-electron chi connectivity index (χ1n) is 10.3. The van der Waals surface area contributed by atoms with Crippen molar-refractivity contribution in [1.29, 1.82) is 0 Å². The first-order chi connectivity index (χ1) is 15.5. The Kier molecular flexibility index (Phi) is 5.00. The number of benzene rings is 2. The van der Waals surface area contributed by atoms with Gasteiger partial charge in [-0.3, -0.25) is 9.97 Å². The van der Waals surface area contributed by atoms with E-state index < -0.39 is 5.54 Å². The van der Waals surface area contributed by atoms with Crippen molar-refractivity contribution in [3.05, 3.63) is 113 Å². The van der Waals surface area contributed by atoms with Crippen LogP contribution in [0, 0.1) is 6.92 Å². The highest BCUT2D eigenvalue weighted by atomic mass is 35.5. The molecule has 6 heteroatoms. The molecule has 1 atom stereocenters. The maximum Gasteiger partial charge on any atom is 0.126 e. The number of rotatable bonds is 4. The molecule has 2 aromatic carbocycles. The van der Waals surface area contributed by atoms with Crippen LogP contribution in [-0.4, -0.2) is 19.5 Å². The molecule has 5 nitrogen and oxygen atoms in total. The largest absolute Gasteiger partial charge is 0.335 e. The molecule has 0 spiro atoms. The number of halogens is 1. The van der Waals surface area contributed by atoms with Gasteiger partial charge in [-0.15, -0.1) is 0 Å². The van der Waals surface area contributed by atoms with Crippen LogP contribution < -0.4 is 5.73 Å². The second kappa shape index (κ2) is 7.86. The molecule has 158 valence electrons. The Balaban J connectivity index is 1.79. The van der Waals surface area contributed by atoms with Crippen LogP contribution in [0.1, 0.15) is 22.6 Å². The van der Waals surface area contributed by atoms with E-state index in [0.29, 0.717) is 5.02 Å². The van der Waals surface area contributed by atoms with Gasteiger partial charge in [0.2, 0.25) is 0 Å². The van der Waals surface area contributed by atoms with Gasteiger partial charge in [-0.25, -0.2) is 4.98 Å². The van der Waals surface area contributed by atoms with E-state index in [-0.39, 0.29) is 0 Å². The van der Waals surface area contributed by atoms with Crippen molar-refractivity contribution in [3.8, 4) is 11.1 Å². The van der Waals surface area contributed by atoms with Gasteiger partial charge < -0.3 is 10.3 Å². The molecule has 0 aliphatic rings. The van der Waals surface area contributed by atoms with Crippen LogP contribution in [0.25, 0.3) is 22.0 Å². The fourth-order valence-corrected chi connectivity index (χ4v) is 4.68. The minimum Gasteiger partial charge on any atom is -0.335 e. The Labute approximate surface area is 191 Å². The van der Waals surface area contributed by atoms with Crippen molar-refractivity contribution in [3.63, 3.8) is 0 Å². The van der Waals surface area contributed by atoms with E-state index in [2.05, 4.69) is 9.97 Å². The highest BCUT2D eigenvalue weighted by Crippen LogP contribution is 2.39. The summed E-state index contributed by atoms with van der Waals surface area (Å²) < 4.78 is 1.92. The summed E-state index contributed by atoms with van der Waals surface area (Å²) in [5.41, 5.74) is 12.2.